The Balaban J connectivity index is 1.68. The zero-order valence-electron chi connectivity index (χ0n) is 18.7. The number of carbonyl (C=O) groups is 1. The second-order valence-corrected chi connectivity index (χ2v) is 7.90. The number of aromatic nitrogens is 5. The summed E-state index contributed by atoms with van der Waals surface area (Å²) in [6.07, 6.45) is 8.66. The van der Waals surface area contributed by atoms with E-state index in [1.54, 1.807) is 37.4 Å². The number of anilines is 1. The fraction of sp³-hybridized carbons (Fsp3) is 0.0800. The number of halogens is 2. The van der Waals surface area contributed by atoms with Crippen molar-refractivity contribution in [1.29, 1.82) is 0 Å². The Morgan fingerprint density at radius 1 is 1.19 bits per heavy atom. The Labute approximate surface area is 202 Å². The van der Waals surface area contributed by atoms with Crippen molar-refractivity contribution in [2.75, 3.05) is 5.73 Å². The van der Waals surface area contributed by atoms with Crippen LogP contribution in [0.3, 0.4) is 0 Å². The van der Waals surface area contributed by atoms with E-state index in [4.69, 9.17) is 12.2 Å². The molecule has 0 aliphatic carbocycles. The van der Waals surface area contributed by atoms with Crippen LogP contribution in [0.4, 0.5) is 14.6 Å². The van der Waals surface area contributed by atoms with Gasteiger partial charge in [0.15, 0.2) is 23.1 Å². The number of carbonyl (C=O) groups excluding carboxylic acids is 1. The van der Waals surface area contributed by atoms with Crippen LogP contribution in [0.1, 0.15) is 34.7 Å². The Bertz CT molecular complexity index is 1790. The second-order valence-electron chi connectivity index (χ2n) is 7.90. The van der Waals surface area contributed by atoms with Crippen LogP contribution in [-0.4, -0.2) is 30.1 Å². The van der Waals surface area contributed by atoms with Crippen LogP contribution in [-0.2, 0) is 0 Å². The third-order valence-corrected chi connectivity index (χ3v) is 5.62. The fourth-order valence-corrected chi connectivity index (χ4v) is 3.99. The first-order valence-corrected chi connectivity index (χ1v) is 10.7. The lowest BCUT2D eigenvalue weighted by Crippen LogP contribution is -2.33. The molecule has 0 saturated carbocycles. The number of terminal acetylenes is 1. The maximum Gasteiger partial charge on any atom is 0.267 e. The van der Waals surface area contributed by atoms with Crippen molar-refractivity contribution >= 4 is 28.3 Å². The second kappa shape index (κ2) is 8.59. The maximum atomic E-state index is 14.1. The minimum atomic E-state index is -1.16. The van der Waals surface area contributed by atoms with Crippen molar-refractivity contribution in [1.82, 2.24) is 29.5 Å². The molecule has 5 aromatic rings. The van der Waals surface area contributed by atoms with Crippen LogP contribution in [0.5, 0.6) is 0 Å². The Kier molecular flexibility index (Phi) is 5.41. The van der Waals surface area contributed by atoms with Crippen LogP contribution < -0.4 is 16.6 Å². The molecule has 0 fully saturated rings. The van der Waals surface area contributed by atoms with Gasteiger partial charge in [-0.1, -0.05) is 12.0 Å². The third kappa shape index (κ3) is 3.61. The highest BCUT2D eigenvalue weighted by Crippen LogP contribution is 2.23. The fourth-order valence-electron chi connectivity index (χ4n) is 3.99. The molecule has 9 nitrogen and oxygen atoms in total. The summed E-state index contributed by atoms with van der Waals surface area (Å²) < 4.78 is 30.2. The molecule has 0 bridgehead atoms. The maximum absolute atomic E-state index is 14.1. The van der Waals surface area contributed by atoms with Gasteiger partial charge in [-0.25, -0.2) is 23.3 Å². The van der Waals surface area contributed by atoms with Gasteiger partial charge in [-0.3, -0.25) is 14.2 Å². The molecule has 178 valence electrons. The largest absolute Gasteiger partial charge is 0.381 e. The summed E-state index contributed by atoms with van der Waals surface area (Å²) in [5, 5.41) is 6.95. The van der Waals surface area contributed by atoms with Gasteiger partial charge in [0, 0.05) is 24.0 Å². The van der Waals surface area contributed by atoms with Gasteiger partial charge in [-0.15, -0.1) is 11.5 Å². The lowest BCUT2D eigenvalue weighted by Gasteiger charge is -2.20. The van der Waals surface area contributed by atoms with E-state index in [-0.39, 0.29) is 45.0 Å². The Morgan fingerprint density at radius 2 is 2.00 bits per heavy atom. The smallest absolute Gasteiger partial charge is 0.267 e. The molecule has 11 heteroatoms. The molecular weight excluding hydrogens is 468 g/mol. The van der Waals surface area contributed by atoms with Gasteiger partial charge < -0.3 is 11.1 Å². The summed E-state index contributed by atoms with van der Waals surface area (Å²) in [6, 6.07) is 8.55. The predicted molar refractivity (Wildman–Crippen MR) is 128 cm³/mol. The Morgan fingerprint density at radius 3 is 2.75 bits per heavy atom. The van der Waals surface area contributed by atoms with Crippen LogP contribution in [0.25, 0.3) is 22.2 Å². The molecule has 1 amide bonds. The number of hydrogen-bond acceptors (Lipinski definition) is 6. The molecule has 0 aliphatic heterocycles. The third-order valence-electron chi connectivity index (χ3n) is 5.62. The molecule has 36 heavy (non-hydrogen) atoms. The molecule has 0 saturated heterocycles. The number of nitrogens with zero attached hydrogens (tertiary/aromatic N) is 5. The first-order chi connectivity index (χ1) is 17.3. The van der Waals surface area contributed by atoms with E-state index in [9.17, 15) is 18.4 Å². The van der Waals surface area contributed by atoms with Crippen LogP contribution in [0, 0.1) is 24.0 Å². The lowest BCUT2D eigenvalue weighted by molar-refractivity contribution is 0.0940. The first kappa shape index (κ1) is 22.7. The number of fused-ring (bicyclic) bond motifs is 2. The normalized spacial score (nSPS) is 11.9. The van der Waals surface area contributed by atoms with E-state index in [1.807, 2.05) is 0 Å². The standard InChI is InChI=1S/C25H17F2N7O2/c1-3-14-6-4-7-18-19(14)25(36)34(15-8-9-16(26)17(27)12-15)22(31-18)13(2)30-24(35)20-21(28)32-33-11-5-10-29-23(20)33/h1,4-13H,2H3,(H2,28,32)(H,30,35)/t13-/m1/s1. The molecule has 1 atom stereocenters. The van der Waals surface area contributed by atoms with E-state index in [0.29, 0.717) is 0 Å². The average molecular weight is 485 g/mol. The van der Waals surface area contributed by atoms with E-state index in [0.717, 1.165) is 16.7 Å². The number of amides is 1. The van der Waals surface area contributed by atoms with E-state index in [2.05, 4.69) is 26.3 Å². The first-order valence-electron chi connectivity index (χ1n) is 10.7. The minimum Gasteiger partial charge on any atom is -0.381 e. The number of nitrogen functional groups attached to an aromatic ring is 1. The molecule has 5 rings (SSSR count). The van der Waals surface area contributed by atoms with Crippen molar-refractivity contribution in [2.45, 2.75) is 13.0 Å². The SMILES string of the molecule is C#Cc1cccc2nc([C@@H](C)NC(=O)c3c(N)nn4cccnc34)n(-c3ccc(F)c(F)c3)c(=O)c12. The Hall–Kier alpha value is -5.11. The van der Waals surface area contributed by atoms with Crippen molar-refractivity contribution in [3.8, 4) is 18.0 Å². The van der Waals surface area contributed by atoms with E-state index in [1.165, 1.54) is 16.8 Å². The van der Waals surface area contributed by atoms with Gasteiger partial charge in [0.05, 0.1) is 22.6 Å². The summed E-state index contributed by atoms with van der Waals surface area (Å²) in [6.45, 7) is 1.59. The average Bonchev–Trinajstić information content (AvgIpc) is 3.21. The predicted octanol–water partition coefficient (Wildman–Crippen LogP) is 2.76. The minimum absolute atomic E-state index is 0.00777. The lowest BCUT2D eigenvalue weighted by atomic mass is 10.1. The monoisotopic (exact) mass is 485 g/mol. The molecule has 0 unspecified atom stereocenters. The zero-order valence-corrected chi connectivity index (χ0v) is 18.7. The molecular formula is C25H17F2N7O2. The molecule has 0 radical (unpaired) electrons. The van der Waals surface area contributed by atoms with Gasteiger partial charge >= 0.3 is 0 Å². The van der Waals surface area contributed by atoms with Gasteiger partial charge in [0.1, 0.15) is 11.4 Å². The molecule has 0 aliphatic rings. The molecule has 0 spiro atoms. The highest BCUT2D eigenvalue weighted by atomic mass is 19.2. The highest BCUT2D eigenvalue weighted by Gasteiger charge is 2.25. The van der Waals surface area contributed by atoms with Gasteiger partial charge in [-0.05, 0) is 37.3 Å². The van der Waals surface area contributed by atoms with Crippen molar-refractivity contribution in [2.24, 2.45) is 0 Å². The number of nitrogens with two attached hydrogens (primary N) is 1. The summed E-state index contributed by atoms with van der Waals surface area (Å²) in [5.41, 5.74) is 6.20. The molecule has 3 N–H and O–H groups in total. The number of nitrogens with one attached hydrogen (secondary N) is 1. The number of benzene rings is 2. The number of rotatable bonds is 4. The quantitative estimate of drug-likeness (QED) is 0.378. The molecule has 3 heterocycles. The summed E-state index contributed by atoms with van der Waals surface area (Å²) in [7, 11) is 0. The van der Waals surface area contributed by atoms with Crippen LogP contribution in [0.2, 0.25) is 0 Å². The summed E-state index contributed by atoms with van der Waals surface area (Å²) >= 11 is 0. The summed E-state index contributed by atoms with van der Waals surface area (Å²) in [5.74, 6) is -0.384. The molecule has 3 aromatic heterocycles. The topological polar surface area (TPSA) is 120 Å². The van der Waals surface area contributed by atoms with Gasteiger partial charge in [0.2, 0.25) is 0 Å². The van der Waals surface area contributed by atoms with Crippen LogP contribution in [0.15, 0.2) is 59.7 Å². The van der Waals surface area contributed by atoms with Crippen LogP contribution >= 0.6 is 0 Å². The van der Waals surface area contributed by atoms with Gasteiger partial charge in [-0.2, -0.15) is 0 Å². The zero-order chi connectivity index (χ0) is 25.6. The van der Waals surface area contributed by atoms with Crippen molar-refractivity contribution in [3.05, 3.63) is 93.8 Å². The van der Waals surface area contributed by atoms with Crippen molar-refractivity contribution in [3.63, 3.8) is 0 Å². The molecule has 2 aromatic carbocycles. The highest BCUT2D eigenvalue weighted by molar-refractivity contribution is 6.04. The van der Waals surface area contributed by atoms with E-state index >= 15 is 0 Å². The van der Waals surface area contributed by atoms with Gasteiger partial charge in [0.25, 0.3) is 11.5 Å². The number of hydrogen-bond donors (Lipinski definition) is 2. The van der Waals surface area contributed by atoms with E-state index < -0.39 is 29.1 Å². The summed E-state index contributed by atoms with van der Waals surface area (Å²) in [4.78, 5) is 35.5. The van der Waals surface area contributed by atoms with Crippen molar-refractivity contribution < 1.29 is 13.6 Å².